The van der Waals surface area contributed by atoms with E-state index in [2.05, 4.69) is 10.1 Å². The Morgan fingerprint density at radius 3 is 3.05 bits per heavy atom. The molecule has 2 heterocycles. The molecule has 0 fully saturated rings. The van der Waals surface area contributed by atoms with Gasteiger partial charge in [-0.1, -0.05) is 23.6 Å². The van der Waals surface area contributed by atoms with Crippen LogP contribution in [0.25, 0.3) is 4.96 Å². The molecule has 0 spiro atoms. The van der Waals surface area contributed by atoms with Gasteiger partial charge in [0.2, 0.25) is 4.96 Å². The largest absolute Gasteiger partial charge is 0.466 e. The number of thiocarbonyl (C=S) groups is 1. The molecule has 2 aromatic rings. The number of nitrogens with zero attached hydrogens (tertiary/aromatic N) is 3. The van der Waals surface area contributed by atoms with E-state index in [-0.39, 0.29) is 17.9 Å². The first-order valence-electron chi connectivity index (χ1n) is 6.17. The van der Waals surface area contributed by atoms with E-state index in [1.54, 1.807) is 13.8 Å². The van der Waals surface area contributed by atoms with Gasteiger partial charge in [-0.3, -0.25) is 9.59 Å². The molecule has 6 nitrogen and oxygen atoms in total. The summed E-state index contributed by atoms with van der Waals surface area (Å²) in [5, 5.41) is 4.94. The van der Waals surface area contributed by atoms with E-state index in [9.17, 15) is 9.59 Å². The van der Waals surface area contributed by atoms with Crippen molar-refractivity contribution in [2.45, 2.75) is 26.0 Å². The molecule has 9 heteroatoms. The summed E-state index contributed by atoms with van der Waals surface area (Å²) in [6, 6.07) is 1.44. The summed E-state index contributed by atoms with van der Waals surface area (Å²) in [4.78, 5) is 27.9. The lowest BCUT2D eigenvalue weighted by molar-refractivity contribution is -0.141. The third-order valence-electron chi connectivity index (χ3n) is 2.37. The highest BCUT2D eigenvalue weighted by atomic mass is 32.2. The van der Waals surface area contributed by atoms with Crippen molar-refractivity contribution in [3.63, 3.8) is 0 Å². The number of carbonyl (C=O) groups is 1. The van der Waals surface area contributed by atoms with E-state index in [1.165, 1.54) is 33.7 Å². The van der Waals surface area contributed by atoms with Gasteiger partial charge >= 0.3 is 5.97 Å². The van der Waals surface area contributed by atoms with Crippen LogP contribution in [0.2, 0.25) is 0 Å². The zero-order valence-electron chi connectivity index (χ0n) is 11.5. The molecule has 0 saturated carbocycles. The van der Waals surface area contributed by atoms with E-state index in [4.69, 9.17) is 17.0 Å². The minimum Gasteiger partial charge on any atom is -0.466 e. The number of rotatable bonds is 5. The Morgan fingerprint density at radius 2 is 2.33 bits per heavy atom. The van der Waals surface area contributed by atoms with Crippen LogP contribution in [0.3, 0.4) is 0 Å². The van der Waals surface area contributed by atoms with Gasteiger partial charge in [0.05, 0.1) is 23.0 Å². The van der Waals surface area contributed by atoms with Crippen LogP contribution in [0.15, 0.2) is 10.9 Å². The maximum Gasteiger partial charge on any atom is 0.311 e. The molecular formula is C12H13N3O3S3. The molecule has 0 aliphatic carbocycles. The van der Waals surface area contributed by atoms with Crippen LogP contribution in [-0.2, 0) is 15.3 Å². The molecule has 0 atom stereocenters. The first kappa shape index (κ1) is 16.1. The second-order valence-corrected chi connectivity index (χ2v) is 6.93. The van der Waals surface area contributed by atoms with Gasteiger partial charge in [-0.05, 0) is 13.8 Å². The Hall–Kier alpha value is -1.32. The van der Waals surface area contributed by atoms with Gasteiger partial charge < -0.3 is 4.74 Å². The number of fused-ring (bicyclic) bond motifs is 1. The summed E-state index contributed by atoms with van der Waals surface area (Å²) < 4.78 is 6.66. The molecule has 21 heavy (non-hydrogen) atoms. The van der Waals surface area contributed by atoms with Gasteiger partial charge in [0.15, 0.2) is 0 Å². The van der Waals surface area contributed by atoms with Gasteiger partial charge in [-0.25, -0.2) is 4.98 Å². The number of carbonyl (C=O) groups excluding carboxylic acids is 1. The molecule has 0 aromatic carbocycles. The fourth-order valence-electron chi connectivity index (χ4n) is 1.54. The van der Waals surface area contributed by atoms with Crippen molar-refractivity contribution in [3.05, 3.63) is 27.1 Å². The number of hydrogen-bond acceptors (Lipinski definition) is 8. The highest BCUT2D eigenvalue weighted by Gasteiger charge is 2.11. The molecule has 0 N–H and O–H groups in total. The molecule has 0 radical (unpaired) electrons. The van der Waals surface area contributed by atoms with Crippen LogP contribution in [0.1, 0.15) is 24.0 Å². The lowest BCUT2D eigenvalue weighted by atomic mass is 10.5. The van der Waals surface area contributed by atoms with Crippen LogP contribution in [0.4, 0.5) is 0 Å². The Balaban J connectivity index is 2.01. The maximum atomic E-state index is 11.7. The van der Waals surface area contributed by atoms with Crippen molar-refractivity contribution in [2.75, 3.05) is 6.61 Å². The number of thioether (sulfide) groups is 1. The smallest absolute Gasteiger partial charge is 0.311 e. The third kappa shape index (κ3) is 4.32. The zero-order valence-corrected chi connectivity index (χ0v) is 13.9. The summed E-state index contributed by atoms with van der Waals surface area (Å²) in [5.74, 6) is 0.179. The predicted molar refractivity (Wildman–Crippen MR) is 87.0 cm³/mol. The minimum absolute atomic E-state index is 0.107. The quantitative estimate of drug-likeness (QED) is 0.607. The van der Waals surface area contributed by atoms with Crippen molar-refractivity contribution in [1.29, 1.82) is 0 Å². The molecule has 0 amide bonds. The van der Waals surface area contributed by atoms with Gasteiger partial charge in [0.25, 0.3) is 5.56 Å². The van der Waals surface area contributed by atoms with Crippen LogP contribution in [0.5, 0.6) is 0 Å². The number of ether oxygens (including phenoxy) is 1. The molecule has 0 saturated heterocycles. The molecule has 112 valence electrons. The molecule has 0 unspecified atom stereocenters. The average molecular weight is 343 g/mol. The van der Waals surface area contributed by atoms with Crippen LogP contribution >= 0.6 is 35.3 Å². The van der Waals surface area contributed by atoms with Crippen molar-refractivity contribution in [2.24, 2.45) is 0 Å². The third-order valence-corrected chi connectivity index (χ3v) is 4.84. The predicted octanol–water partition coefficient (Wildman–Crippen LogP) is 1.97. The maximum absolute atomic E-state index is 11.7. The standard InChI is InChI=1S/C12H13N3O3S3/c1-3-18-10(17)5-11(19)20-6-8-14-15-9(16)4-7(2)13-12(15)21-8/h4H,3,5-6H2,1-2H3. The lowest BCUT2D eigenvalue weighted by Gasteiger charge is -2.01. The van der Waals surface area contributed by atoms with E-state index in [0.717, 1.165) is 5.01 Å². The molecule has 2 aromatic heterocycles. The summed E-state index contributed by atoms with van der Waals surface area (Å²) in [6.45, 7) is 3.86. The van der Waals surface area contributed by atoms with E-state index in [1.807, 2.05) is 0 Å². The van der Waals surface area contributed by atoms with Crippen molar-refractivity contribution >= 4 is 50.4 Å². The summed E-state index contributed by atoms with van der Waals surface area (Å²) >= 11 is 7.81. The van der Waals surface area contributed by atoms with Crippen LogP contribution in [-0.4, -0.2) is 31.4 Å². The Kier molecular flexibility index (Phi) is 5.43. The highest BCUT2D eigenvalue weighted by Crippen LogP contribution is 2.20. The molecular weight excluding hydrogens is 330 g/mol. The van der Waals surface area contributed by atoms with Crippen molar-refractivity contribution in [3.8, 4) is 0 Å². The van der Waals surface area contributed by atoms with Gasteiger partial charge in [-0.15, -0.1) is 11.8 Å². The molecule has 0 aliphatic rings. The first-order valence-corrected chi connectivity index (χ1v) is 8.38. The van der Waals surface area contributed by atoms with Crippen molar-refractivity contribution < 1.29 is 9.53 Å². The average Bonchev–Trinajstić information content (AvgIpc) is 2.79. The fourth-order valence-corrected chi connectivity index (χ4v) is 3.55. The summed E-state index contributed by atoms with van der Waals surface area (Å²) in [7, 11) is 0. The normalized spacial score (nSPS) is 10.8. The number of esters is 1. The number of aryl methyl sites for hydroxylation is 1. The SMILES string of the molecule is CCOC(=O)CC(=S)SCc1nn2c(=O)cc(C)nc2s1. The molecule has 0 bridgehead atoms. The highest BCUT2D eigenvalue weighted by molar-refractivity contribution is 8.22. The Labute approximate surface area is 134 Å². The monoisotopic (exact) mass is 343 g/mol. The van der Waals surface area contributed by atoms with Crippen LogP contribution in [0, 0.1) is 6.92 Å². The van der Waals surface area contributed by atoms with E-state index >= 15 is 0 Å². The zero-order chi connectivity index (χ0) is 15.4. The second-order valence-electron chi connectivity index (χ2n) is 4.07. The first-order chi connectivity index (χ1) is 9.99. The molecule has 0 aliphatic heterocycles. The summed E-state index contributed by atoms with van der Waals surface area (Å²) in [6.07, 6.45) is 0.107. The molecule has 2 rings (SSSR count). The topological polar surface area (TPSA) is 73.6 Å². The van der Waals surface area contributed by atoms with Crippen molar-refractivity contribution in [1.82, 2.24) is 14.6 Å². The Bertz CT molecular complexity index is 738. The van der Waals surface area contributed by atoms with E-state index < -0.39 is 0 Å². The van der Waals surface area contributed by atoms with Gasteiger partial charge in [-0.2, -0.15) is 9.61 Å². The number of aromatic nitrogens is 3. The van der Waals surface area contributed by atoms with E-state index in [0.29, 0.717) is 27.2 Å². The fraction of sp³-hybridized carbons (Fsp3) is 0.417. The summed E-state index contributed by atoms with van der Waals surface area (Å²) in [5.41, 5.74) is 0.472. The van der Waals surface area contributed by atoms with Crippen LogP contribution < -0.4 is 5.56 Å². The second kappa shape index (κ2) is 7.10. The number of hydrogen-bond donors (Lipinski definition) is 0. The van der Waals surface area contributed by atoms with Gasteiger partial charge in [0.1, 0.15) is 5.01 Å². The Morgan fingerprint density at radius 1 is 1.57 bits per heavy atom. The van der Waals surface area contributed by atoms with Gasteiger partial charge in [0, 0.05) is 11.8 Å². The minimum atomic E-state index is -0.326. The lowest BCUT2D eigenvalue weighted by Crippen LogP contribution is -2.14.